The van der Waals surface area contributed by atoms with Gasteiger partial charge in [-0.25, -0.2) is 9.97 Å². The summed E-state index contributed by atoms with van der Waals surface area (Å²) in [7, 11) is 2.73. The van der Waals surface area contributed by atoms with Crippen LogP contribution in [0.5, 0.6) is 0 Å². The highest BCUT2D eigenvalue weighted by Gasteiger charge is 2.37. The second kappa shape index (κ2) is 29.4. The molecule has 1 aliphatic carbocycles. The Labute approximate surface area is 419 Å². The first-order valence-corrected chi connectivity index (χ1v) is 23.5. The van der Waals surface area contributed by atoms with E-state index < -0.39 is 68.4 Å². The maximum atomic E-state index is 11.7. The first-order valence-electron chi connectivity index (χ1n) is 24.2. The average molecular weight is 1030 g/mol. The molecular weight excluding hydrogens is 946 g/mol. The number of H-pyrrole nitrogens is 3. The number of allylic oxidation sites excluding steroid dienone is 1. The highest BCUT2D eigenvalue weighted by atomic mass is 19.1. The summed E-state index contributed by atoms with van der Waals surface area (Å²) in [5.41, 5.74) is 10.2. The Balaban J connectivity index is 0.000000257. The van der Waals surface area contributed by atoms with Crippen molar-refractivity contribution in [1.29, 1.82) is 0 Å². The molecule has 7 rings (SSSR count). The molecule has 2 aliphatic heterocycles. The van der Waals surface area contributed by atoms with Gasteiger partial charge in [0.15, 0.2) is 11.6 Å². The van der Waals surface area contributed by atoms with Crippen molar-refractivity contribution in [2.45, 2.75) is 114 Å². The van der Waals surface area contributed by atoms with Gasteiger partial charge in [-0.1, -0.05) is 36.4 Å². The fourth-order valence-electron chi connectivity index (χ4n) is 7.70. The molecule has 0 spiro atoms. The van der Waals surface area contributed by atoms with Gasteiger partial charge in [0.1, 0.15) is 24.2 Å². The lowest BCUT2D eigenvalue weighted by molar-refractivity contribution is -0.912. The quantitative estimate of drug-likeness (QED) is 0.0599. The zero-order valence-corrected chi connectivity index (χ0v) is 42.2. The normalized spacial score (nSPS) is 22.6. The lowest BCUT2D eigenvalue weighted by Gasteiger charge is -2.39. The minimum absolute atomic E-state index is 0.128. The van der Waals surface area contributed by atoms with Crippen LogP contribution in [-0.2, 0) is 31.9 Å². The van der Waals surface area contributed by atoms with Crippen molar-refractivity contribution >= 4 is 16.6 Å². The molecule has 0 saturated carbocycles. The molecule has 3 aromatic heterocycles. The van der Waals surface area contributed by atoms with Crippen LogP contribution < -0.4 is 27.5 Å². The van der Waals surface area contributed by atoms with Gasteiger partial charge < -0.3 is 95.6 Å². The molecule has 4 aromatic rings. The smallest absolute Gasteiger partial charge is 0.275 e. The number of likely N-dealkylation sites (N-methyl/N-ethyl adjacent to an activating group) is 1. The second-order valence-electron chi connectivity index (χ2n) is 18.9. The molecule has 2 saturated heterocycles. The minimum atomic E-state index is -1.05. The van der Waals surface area contributed by atoms with E-state index in [-0.39, 0.29) is 60.2 Å². The van der Waals surface area contributed by atoms with Crippen molar-refractivity contribution < 1.29 is 70.0 Å². The van der Waals surface area contributed by atoms with Crippen molar-refractivity contribution in [2.24, 2.45) is 5.73 Å². The predicted octanol–water partition coefficient (Wildman–Crippen LogP) is -1.55. The third kappa shape index (κ3) is 18.5. The standard InChI is InChI=1S/C15H23NO3.C14H21N3O4.C11H16N4O4.C7H15NO3.CH3F/c1-11(12-7-5-4-6-8-12)16-13-9-18-15(2,3)19-10-14(13)17;1-17(2,11(6-18)12(20)7-19)5-9-3-4-10-13(9)15-8-16-14(10)21;16-3-7(8(18)4-17)12-1-6-2-13-10-9(6)14-5-15-11(10)19;1-7(2)10-3-5(8)6(9)4-11-7;1-2/h4-8,11,13-14,16-17H,9-10H2,1-3H3;3,8,11-12,18-20H,4-7H2,1-2H3;2,5,7-8,12-13,16-18H,1,3-4H2,(H,14,15,19);5-6,9H,3-4,8H2,1-2H3;1H3/p+1/t11-,13+,14+;11-,12-;7-,8-;5-,6-;/m0111./s1/i;;;;1D. The van der Waals surface area contributed by atoms with E-state index in [1.807, 2.05) is 52.2 Å². The van der Waals surface area contributed by atoms with Crippen LogP contribution in [0.15, 0.2) is 64.8 Å². The Kier molecular flexibility index (Phi) is 24.6. The Hall–Kier alpha value is -4.45. The molecule has 0 radical (unpaired) electrons. The molecule has 1 aromatic carbocycles. The predicted molar refractivity (Wildman–Crippen MR) is 266 cm³/mol. The van der Waals surface area contributed by atoms with Crippen molar-refractivity contribution in [3.8, 4) is 0 Å². The number of ether oxygens (including phenoxy) is 4. The molecule has 72 heavy (non-hydrogen) atoms. The molecule has 5 heterocycles. The summed E-state index contributed by atoms with van der Waals surface area (Å²) in [4.78, 5) is 39.3. The number of alkyl halides is 1. The number of aliphatic hydroxyl groups is 8. The summed E-state index contributed by atoms with van der Waals surface area (Å²) < 4.78 is 37.4. The number of hydrogen-bond donors (Lipinski definition) is 14. The third-order valence-corrected chi connectivity index (χ3v) is 12.2. The van der Waals surface area contributed by atoms with Crippen LogP contribution in [0, 0.1) is 0 Å². The van der Waals surface area contributed by atoms with Gasteiger partial charge in [-0.2, -0.15) is 0 Å². The van der Waals surface area contributed by atoms with E-state index in [0.717, 1.165) is 11.1 Å². The first-order chi connectivity index (χ1) is 34.5. The van der Waals surface area contributed by atoms with Crippen LogP contribution in [-0.4, -0.2) is 211 Å². The molecule has 15 N–H and O–H groups in total. The summed E-state index contributed by atoms with van der Waals surface area (Å²) in [6, 6.07) is 8.71. The molecular formula is C48H79FN9O14+. The van der Waals surface area contributed by atoms with Gasteiger partial charge >= 0.3 is 0 Å². The lowest BCUT2D eigenvalue weighted by atomic mass is 10.1. The lowest BCUT2D eigenvalue weighted by Crippen LogP contribution is -2.57. The fourth-order valence-corrected chi connectivity index (χ4v) is 7.70. The van der Waals surface area contributed by atoms with E-state index in [0.29, 0.717) is 55.0 Å². The first kappa shape index (κ1) is 60.1. The number of aromatic amines is 3. The summed E-state index contributed by atoms with van der Waals surface area (Å²) in [6.45, 7) is 10.1. The Morgan fingerprint density at radius 2 is 1.43 bits per heavy atom. The van der Waals surface area contributed by atoms with E-state index in [1.165, 1.54) is 18.2 Å². The van der Waals surface area contributed by atoms with Gasteiger partial charge in [0.25, 0.3) is 11.1 Å². The van der Waals surface area contributed by atoms with E-state index in [4.69, 9.17) is 41.4 Å². The molecule has 2 fully saturated rings. The van der Waals surface area contributed by atoms with E-state index in [1.54, 1.807) is 20.0 Å². The second-order valence-corrected chi connectivity index (χ2v) is 18.9. The number of halogens is 1. The maximum Gasteiger partial charge on any atom is 0.275 e. The SMILES string of the molecule is CC1(C)OC[C@@H](N)[C@H](O)CO1.C[C@H](N[C@@H]1COC(C)(C)OC[C@H]1O)c1ccccc1.C[N+](C)(CC1=CCc2c1nc[nH]c2=O)[C@H](CO)[C@H](O)CO.O=c1[nH]cnc2c(CN[C@H](CO)[C@H](O)CO)c[nH]c12.[2H]CF. The Morgan fingerprint density at radius 3 is 2.04 bits per heavy atom. The highest BCUT2D eigenvalue weighted by molar-refractivity contribution is 5.77. The molecule has 0 amide bonds. The van der Waals surface area contributed by atoms with Crippen molar-refractivity contribution in [2.75, 3.05) is 80.6 Å². The van der Waals surface area contributed by atoms with Crippen molar-refractivity contribution in [1.82, 2.24) is 35.6 Å². The Morgan fingerprint density at radius 1 is 0.847 bits per heavy atom. The molecule has 24 heteroatoms. The summed E-state index contributed by atoms with van der Waals surface area (Å²) in [5, 5.41) is 81.5. The van der Waals surface area contributed by atoms with E-state index in [9.17, 15) is 39.5 Å². The van der Waals surface area contributed by atoms with E-state index in [2.05, 4.69) is 54.6 Å². The van der Waals surface area contributed by atoms with Gasteiger partial charge in [-0.15, -0.1) is 0 Å². The van der Waals surface area contributed by atoms with Gasteiger partial charge in [-0.05, 0) is 46.6 Å². The van der Waals surface area contributed by atoms with E-state index >= 15 is 0 Å². The molecule has 23 nitrogen and oxygen atoms in total. The van der Waals surface area contributed by atoms with Gasteiger partial charge in [-0.3, -0.25) is 14.0 Å². The van der Waals surface area contributed by atoms with Crippen molar-refractivity contribution in [3.05, 3.63) is 98.4 Å². The fraction of sp³-hybridized carbons (Fsp3) is 0.625. The number of nitrogens with zero attached hydrogens (tertiary/aromatic N) is 3. The van der Waals surface area contributed by atoms with Crippen LogP contribution in [0.2, 0.25) is 0 Å². The van der Waals surface area contributed by atoms with Gasteiger partial charge in [0.05, 0.1) is 136 Å². The van der Waals surface area contributed by atoms with Crippen LogP contribution in [0.1, 0.15) is 64.4 Å². The van der Waals surface area contributed by atoms with Gasteiger partial charge in [0, 0.05) is 35.5 Å². The summed E-state index contributed by atoms with van der Waals surface area (Å²) >= 11 is 0. The van der Waals surface area contributed by atoms with Crippen molar-refractivity contribution in [3.63, 3.8) is 0 Å². The zero-order valence-electron chi connectivity index (χ0n) is 43.2. The topological polar surface area (TPSA) is 356 Å². The number of hydrogen-bond acceptors (Lipinski definition) is 19. The number of rotatable bonds is 15. The monoisotopic (exact) mass is 1030 g/mol. The van der Waals surface area contributed by atoms with Crippen LogP contribution in [0.25, 0.3) is 16.6 Å². The minimum Gasteiger partial charge on any atom is -0.395 e. The Bertz CT molecular complexity index is 2340. The number of aliphatic hydroxyl groups excluding tert-OH is 8. The summed E-state index contributed by atoms with van der Waals surface area (Å²) in [6.07, 6.45) is 3.60. The number of quaternary nitrogens is 1. The highest BCUT2D eigenvalue weighted by Crippen LogP contribution is 2.27. The number of fused-ring (bicyclic) bond motifs is 2. The molecule has 9 atom stereocenters. The maximum absolute atomic E-state index is 11.7. The molecule has 0 unspecified atom stereocenters. The number of nitrogens with one attached hydrogen (secondary N) is 5. The van der Waals surface area contributed by atoms with Gasteiger partial charge in [0.2, 0.25) is 0 Å². The average Bonchev–Trinajstić information content (AvgIpc) is 3.92. The molecule has 3 aliphatic rings. The van der Waals surface area contributed by atoms with Crippen LogP contribution >= 0.6 is 0 Å². The van der Waals surface area contributed by atoms with Crippen LogP contribution in [0.4, 0.5) is 4.39 Å². The number of nitrogens with two attached hydrogens (primary N) is 1. The largest absolute Gasteiger partial charge is 0.395 e. The molecule has 406 valence electrons. The number of aromatic nitrogens is 5. The number of benzene rings is 1. The third-order valence-electron chi connectivity index (χ3n) is 12.2. The van der Waals surface area contributed by atoms with Crippen LogP contribution in [0.3, 0.4) is 0 Å². The molecule has 0 bridgehead atoms. The summed E-state index contributed by atoms with van der Waals surface area (Å²) in [5.74, 6) is -1.25. The zero-order chi connectivity index (χ0) is 54.5.